The molecule has 0 spiro atoms. The van der Waals surface area contributed by atoms with E-state index in [1.54, 1.807) is 25.1 Å². The number of nitrogens with two attached hydrogens (primary N) is 1. The quantitative estimate of drug-likeness (QED) is 0.631. The van der Waals surface area contributed by atoms with Gasteiger partial charge in [-0.3, -0.25) is 9.59 Å². The van der Waals surface area contributed by atoms with Crippen LogP contribution in [0.3, 0.4) is 0 Å². The van der Waals surface area contributed by atoms with E-state index >= 15 is 0 Å². The van der Waals surface area contributed by atoms with Crippen molar-refractivity contribution in [3.8, 4) is 0 Å². The molecule has 1 aromatic rings. The van der Waals surface area contributed by atoms with E-state index in [4.69, 9.17) is 5.73 Å². The third kappa shape index (κ3) is 2.73. The van der Waals surface area contributed by atoms with Crippen molar-refractivity contribution in [1.29, 1.82) is 0 Å². The normalized spacial score (nSPS) is 9.62. The molecule has 5 nitrogen and oxygen atoms in total. The van der Waals surface area contributed by atoms with Crippen LogP contribution in [-0.4, -0.2) is 25.4 Å². The summed E-state index contributed by atoms with van der Waals surface area (Å²) in [4.78, 5) is 22.7. The highest BCUT2D eigenvalue weighted by molar-refractivity contribution is 6.01. The van der Waals surface area contributed by atoms with Crippen LogP contribution in [-0.2, 0) is 4.79 Å². The van der Waals surface area contributed by atoms with Crippen molar-refractivity contribution >= 4 is 17.5 Å². The van der Waals surface area contributed by atoms with Crippen LogP contribution in [0.1, 0.15) is 15.9 Å². The van der Waals surface area contributed by atoms with Gasteiger partial charge in [0.2, 0.25) is 5.91 Å². The van der Waals surface area contributed by atoms with Gasteiger partial charge in [0.25, 0.3) is 5.91 Å². The number of anilines is 1. The SMILES string of the molecule is CNC(=O)CNC(=O)c1c(C)cccc1N. The molecule has 5 heteroatoms. The number of carbonyl (C=O) groups excluding carboxylic acids is 2. The van der Waals surface area contributed by atoms with Gasteiger partial charge in [0.05, 0.1) is 12.1 Å². The maximum Gasteiger partial charge on any atom is 0.254 e. The highest BCUT2D eigenvalue weighted by Gasteiger charge is 2.12. The van der Waals surface area contributed by atoms with E-state index in [2.05, 4.69) is 10.6 Å². The van der Waals surface area contributed by atoms with Crippen molar-refractivity contribution in [3.63, 3.8) is 0 Å². The summed E-state index contributed by atoms with van der Waals surface area (Å²) in [6.45, 7) is 1.74. The Hall–Kier alpha value is -2.04. The molecule has 0 aromatic heterocycles. The number of hydrogen-bond donors (Lipinski definition) is 3. The van der Waals surface area contributed by atoms with E-state index < -0.39 is 0 Å². The van der Waals surface area contributed by atoms with E-state index in [0.717, 1.165) is 5.56 Å². The fourth-order valence-corrected chi connectivity index (χ4v) is 1.34. The molecular weight excluding hydrogens is 206 g/mol. The summed E-state index contributed by atoms with van der Waals surface area (Å²) in [6.07, 6.45) is 0. The van der Waals surface area contributed by atoms with Crippen LogP contribution in [0.25, 0.3) is 0 Å². The fourth-order valence-electron chi connectivity index (χ4n) is 1.34. The summed E-state index contributed by atoms with van der Waals surface area (Å²) in [5.41, 5.74) is 7.32. The minimum Gasteiger partial charge on any atom is -0.398 e. The monoisotopic (exact) mass is 221 g/mol. The summed E-state index contributed by atoms with van der Waals surface area (Å²) in [6, 6.07) is 5.23. The summed E-state index contributed by atoms with van der Waals surface area (Å²) in [5, 5.41) is 4.92. The maximum atomic E-state index is 11.7. The molecule has 2 amide bonds. The predicted molar refractivity (Wildman–Crippen MR) is 62.0 cm³/mol. The lowest BCUT2D eigenvalue weighted by atomic mass is 10.1. The van der Waals surface area contributed by atoms with Crippen LogP contribution < -0.4 is 16.4 Å². The molecular formula is C11H15N3O2. The number of carbonyl (C=O) groups is 2. The molecule has 0 bridgehead atoms. The molecule has 0 saturated heterocycles. The number of hydrogen-bond acceptors (Lipinski definition) is 3. The average Bonchev–Trinajstić information content (AvgIpc) is 2.25. The first-order valence-corrected chi connectivity index (χ1v) is 4.90. The van der Waals surface area contributed by atoms with E-state index in [1.165, 1.54) is 7.05 Å². The Kier molecular flexibility index (Phi) is 3.88. The Morgan fingerprint density at radius 3 is 2.62 bits per heavy atom. The highest BCUT2D eigenvalue weighted by Crippen LogP contribution is 2.15. The van der Waals surface area contributed by atoms with Gasteiger partial charge in [-0.2, -0.15) is 0 Å². The highest BCUT2D eigenvalue weighted by atomic mass is 16.2. The van der Waals surface area contributed by atoms with E-state index in [9.17, 15) is 9.59 Å². The van der Waals surface area contributed by atoms with Crippen molar-refractivity contribution in [2.75, 3.05) is 19.3 Å². The Morgan fingerprint density at radius 2 is 2.06 bits per heavy atom. The molecule has 0 aliphatic carbocycles. The van der Waals surface area contributed by atoms with E-state index in [1.807, 2.05) is 0 Å². The summed E-state index contributed by atoms with van der Waals surface area (Å²) in [7, 11) is 1.51. The summed E-state index contributed by atoms with van der Waals surface area (Å²) in [5.74, 6) is -0.584. The van der Waals surface area contributed by atoms with Crippen LogP contribution in [0.5, 0.6) is 0 Å². The van der Waals surface area contributed by atoms with Gasteiger partial charge >= 0.3 is 0 Å². The Morgan fingerprint density at radius 1 is 1.38 bits per heavy atom. The molecule has 1 rings (SSSR count). The molecule has 1 aromatic carbocycles. The minimum absolute atomic E-state index is 0.0525. The summed E-state index contributed by atoms with van der Waals surface area (Å²) < 4.78 is 0. The van der Waals surface area contributed by atoms with Gasteiger partial charge in [-0.1, -0.05) is 12.1 Å². The van der Waals surface area contributed by atoms with Gasteiger partial charge in [0.1, 0.15) is 0 Å². The van der Waals surface area contributed by atoms with Crippen molar-refractivity contribution < 1.29 is 9.59 Å². The lowest BCUT2D eigenvalue weighted by Gasteiger charge is -2.09. The molecule has 0 fully saturated rings. The molecule has 16 heavy (non-hydrogen) atoms. The zero-order chi connectivity index (χ0) is 12.1. The first kappa shape index (κ1) is 12.0. The Bertz CT molecular complexity index is 395. The maximum absolute atomic E-state index is 11.7. The molecule has 86 valence electrons. The molecule has 0 radical (unpaired) electrons. The predicted octanol–water partition coefficient (Wildman–Crippen LogP) is 0.0530. The second kappa shape index (κ2) is 5.16. The van der Waals surface area contributed by atoms with Crippen LogP contribution in [0.15, 0.2) is 18.2 Å². The largest absolute Gasteiger partial charge is 0.398 e. The van der Waals surface area contributed by atoms with Gasteiger partial charge in [-0.25, -0.2) is 0 Å². The third-order valence-corrected chi connectivity index (χ3v) is 2.22. The molecule has 4 N–H and O–H groups in total. The number of amides is 2. The van der Waals surface area contributed by atoms with Crippen molar-refractivity contribution in [3.05, 3.63) is 29.3 Å². The third-order valence-electron chi connectivity index (χ3n) is 2.22. The van der Waals surface area contributed by atoms with Crippen molar-refractivity contribution in [2.45, 2.75) is 6.92 Å². The smallest absolute Gasteiger partial charge is 0.254 e. The standard InChI is InChI=1S/C11H15N3O2/c1-7-4-3-5-8(12)10(7)11(16)14-6-9(15)13-2/h3-5H,6,12H2,1-2H3,(H,13,15)(H,14,16). The number of aryl methyl sites for hydroxylation is 1. The van der Waals surface area contributed by atoms with Crippen LogP contribution >= 0.6 is 0 Å². The second-order valence-electron chi connectivity index (χ2n) is 3.39. The number of nitrogens with one attached hydrogen (secondary N) is 2. The molecule has 0 unspecified atom stereocenters. The van der Waals surface area contributed by atoms with Gasteiger partial charge in [-0.05, 0) is 18.6 Å². The van der Waals surface area contributed by atoms with E-state index in [-0.39, 0.29) is 18.4 Å². The molecule has 0 atom stereocenters. The van der Waals surface area contributed by atoms with Crippen LogP contribution in [0.4, 0.5) is 5.69 Å². The van der Waals surface area contributed by atoms with Crippen LogP contribution in [0, 0.1) is 6.92 Å². The number of rotatable bonds is 3. The van der Waals surface area contributed by atoms with Crippen molar-refractivity contribution in [1.82, 2.24) is 10.6 Å². The summed E-state index contributed by atoms with van der Waals surface area (Å²) >= 11 is 0. The fraction of sp³-hybridized carbons (Fsp3) is 0.273. The zero-order valence-corrected chi connectivity index (χ0v) is 9.33. The van der Waals surface area contributed by atoms with Gasteiger partial charge < -0.3 is 16.4 Å². The van der Waals surface area contributed by atoms with E-state index in [0.29, 0.717) is 11.3 Å². The Labute approximate surface area is 94.0 Å². The number of benzene rings is 1. The average molecular weight is 221 g/mol. The molecule has 0 aliphatic heterocycles. The Balaban J connectivity index is 2.77. The van der Waals surface area contributed by atoms with Gasteiger partial charge in [0.15, 0.2) is 0 Å². The lowest BCUT2D eigenvalue weighted by molar-refractivity contribution is -0.119. The zero-order valence-electron chi connectivity index (χ0n) is 9.33. The first-order valence-electron chi connectivity index (χ1n) is 4.90. The first-order chi connectivity index (χ1) is 7.56. The van der Waals surface area contributed by atoms with Crippen molar-refractivity contribution in [2.24, 2.45) is 0 Å². The number of likely N-dealkylation sites (N-methyl/N-ethyl adjacent to an activating group) is 1. The molecule has 0 heterocycles. The second-order valence-corrected chi connectivity index (χ2v) is 3.39. The van der Waals surface area contributed by atoms with Crippen LogP contribution in [0.2, 0.25) is 0 Å². The van der Waals surface area contributed by atoms with Gasteiger partial charge in [-0.15, -0.1) is 0 Å². The topological polar surface area (TPSA) is 84.2 Å². The molecule has 0 saturated carbocycles. The molecule has 0 aliphatic rings. The minimum atomic E-state index is -0.334. The van der Waals surface area contributed by atoms with Gasteiger partial charge in [0, 0.05) is 12.7 Å². The lowest BCUT2D eigenvalue weighted by Crippen LogP contribution is -2.35. The number of nitrogen functional groups attached to an aromatic ring is 1.